The van der Waals surface area contributed by atoms with E-state index in [1.165, 1.54) is 18.4 Å². The van der Waals surface area contributed by atoms with Crippen LogP contribution in [-0.4, -0.2) is 17.7 Å². The minimum absolute atomic E-state index is 0.247. The normalized spacial score (nSPS) is 13.2. The average molecular weight is 328 g/mol. The van der Waals surface area contributed by atoms with Gasteiger partial charge in [0.2, 0.25) is 0 Å². The van der Waals surface area contributed by atoms with Gasteiger partial charge in [0.05, 0.1) is 5.02 Å². The quantitative estimate of drug-likeness (QED) is 0.890. The van der Waals surface area contributed by atoms with E-state index >= 15 is 0 Å². The van der Waals surface area contributed by atoms with Crippen molar-refractivity contribution in [3.63, 3.8) is 0 Å². The lowest BCUT2D eigenvalue weighted by molar-refractivity contribution is 0.0508. The summed E-state index contributed by atoms with van der Waals surface area (Å²) in [6.07, 6.45) is 1.27. The number of carbonyl (C=O) groups excluding carboxylic acids is 1. The summed E-state index contributed by atoms with van der Waals surface area (Å²) in [5.74, 6) is -0.393. The second-order valence-electron chi connectivity index (χ2n) is 6.28. The predicted molar refractivity (Wildman–Crippen MR) is 83.7 cm³/mol. The highest BCUT2D eigenvalue weighted by atomic mass is 35.5. The first kappa shape index (κ1) is 16.6. The molecule has 1 N–H and O–H groups in total. The Morgan fingerprint density at radius 2 is 2.14 bits per heavy atom. The molecule has 1 atom stereocenters. The Labute approximate surface area is 133 Å². The minimum atomic E-state index is -0.565. The molecule has 0 radical (unpaired) electrons. The third-order valence-corrected chi connectivity index (χ3v) is 3.25. The molecule has 0 aliphatic heterocycles. The van der Waals surface area contributed by atoms with Crippen molar-refractivity contribution in [3.8, 4) is 0 Å². The Bertz CT molecular complexity index is 690. The van der Waals surface area contributed by atoms with Gasteiger partial charge >= 0.3 is 6.09 Å². The summed E-state index contributed by atoms with van der Waals surface area (Å²) in [6.45, 7) is 7.18. The minimum Gasteiger partial charge on any atom is -0.462 e. The highest BCUT2D eigenvalue weighted by molar-refractivity contribution is 6.35. The van der Waals surface area contributed by atoms with Gasteiger partial charge in [0.1, 0.15) is 23.3 Å². The molecule has 0 bridgehead atoms. The number of fused-ring (bicyclic) bond motifs is 1. The first-order valence-electron chi connectivity index (χ1n) is 7.00. The van der Waals surface area contributed by atoms with Gasteiger partial charge in [-0.3, -0.25) is 0 Å². The second kappa shape index (κ2) is 6.16. The Hall–Kier alpha value is -1.75. The molecule has 0 aliphatic carbocycles. The third-order valence-electron chi connectivity index (χ3n) is 2.96. The molecule has 1 heterocycles. The van der Waals surface area contributed by atoms with Crippen LogP contribution in [0.3, 0.4) is 0 Å². The highest BCUT2D eigenvalue weighted by Gasteiger charge is 2.19. The summed E-state index contributed by atoms with van der Waals surface area (Å²) in [5.41, 5.74) is 0.611. The molecule has 1 unspecified atom stereocenters. The summed E-state index contributed by atoms with van der Waals surface area (Å²) in [7, 11) is 0. The van der Waals surface area contributed by atoms with Crippen LogP contribution in [-0.2, 0) is 11.2 Å². The van der Waals surface area contributed by atoms with E-state index in [-0.39, 0.29) is 6.04 Å². The maximum absolute atomic E-state index is 13.7. The highest BCUT2D eigenvalue weighted by Crippen LogP contribution is 2.30. The van der Waals surface area contributed by atoms with E-state index in [9.17, 15) is 9.18 Å². The van der Waals surface area contributed by atoms with E-state index in [2.05, 4.69) is 5.32 Å². The van der Waals surface area contributed by atoms with Gasteiger partial charge < -0.3 is 14.5 Å². The van der Waals surface area contributed by atoms with Gasteiger partial charge in [0, 0.05) is 17.0 Å². The Balaban J connectivity index is 2.12. The Morgan fingerprint density at radius 3 is 2.77 bits per heavy atom. The average Bonchev–Trinajstić information content (AvgIpc) is 2.68. The van der Waals surface area contributed by atoms with Crippen LogP contribution in [0, 0.1) is 5.82 Å². The van der Waals surface area contributed by atoms with Crippen molar-refractivity contribution >= 4 is 28.7 Å². The van der Waals surface area contributed by atoms with Gasteiger partial charge in [0.25, 0.3) is 0 Å². The smallest absolute Gasteiger partial charge is 0.407 e. The zero-order chi connectivity index (χ0) is 16.5. The van der Waals surface area contributed by atoms with Crippen molar-refractivity contribution < 1.29 is 18.3 Å². The lowest BCUT2D eigenvalue weighted by Gasteiger charge is -2.22. The van der Waals surface area contributed by atoms with Crippen molar-refractivity contribution in [2.75, 3.05) is 0 Å². The number of nitrogens with one attached hydrogen (secondary N) is 1. The van der Waals surface area contributed by atoms with Crippen molar-refractivity contribution in [2.24, 2.45) is 0 Å². The fourth-order valence-corrected chi connectivity index (χ4v) is 2.37. The van der Waals surface area contributed by atoms with Crippen LogP contribution in [0.2, 0.25) is 5.02 Å². The summed E-state index contributed by atoms with van der Waals surface area (Å²) < 4.78 is 24.2. The van der Waals surface area contributed by atoms with Crippen LogP contribution in [0.4, 0.5) is 9.18 Å². The molecule has 0 saturated heterocycles. The van der Waals surface area contributed by atoms with Gasteiger partial charge in [-0.15, -0.1) is 0 Å². The maximum Gasteiger partial charge on any atom is 0.407 e. The summed E-state index contributed by atoms with van der Waals surface area (Å²) in [4.78, 5) is 11.7. The number of halogens is 2. The van der Waals surface area contributed by atoms with E-state index in [1.54, 1.807) is 20.8 Å². The van der Waals surface area contributed by atoms with Crippen LogP contribution >= 0.6 is 11.6 Å². The van der Waals surface area contributed by atoms with E-state index in [0.29, 0.717) is 28.0 Å². The topological polar surface area (TPSA) is 51.5 Å². The number of hydrogen-bond donors (Lipinski definition) is 1. The molecule has 1 aromatic carbocycles. The van der Waals surface area contributed by atoms with Gasteiger partial charge in [0.15, 0.2) is 0 Å². The van der Waals surface area contributed by atoms with E-state index in [4.69, 9.17) is 20.8 Å². The molecule has 0 fully saturated rings. The van der Waals surface area contributed by atoms with E-state index in [1.807, 2.05) is 6.92 Å². The van der Waals surface area contributed by atoms with Crippen molar-refractivity contribution in [2.45, 2.75) is 45.8 Å². The predicted octanol–water partition coefficient (Wildman–Crippen LogP) is 4.68. The van der Waals surface area contributed by atoms with Gasteiger partial charge in [-0.1, -0.05) is 11.6 Å². The van der Waals surface area contributed by atoms with Gasteiger partial charge in [-0.25, -0.2) is 9.18 Å². The van der Waals surface area contributed by atoms with Crippen LogP contribution in [0.25, 0.3) is 11.0 Å². The molecule has 2 aromatic rings. The van der Waals surface area contributed by atoms with E-state index < -0.39 is 17.5 Å². The molecule has 1 amide bonds. The molecule has 120 valence electrons. The van der Waals surface area contributed by atoms with Gasteiger partial charge in [-0.05, 0) is 46.2 Å². The molecule has 1 aromatic heterocycles. The fraction of sp³-hybridized carbons (Fsp3) is 0.438. The molecule has 0 aliphatic rings. The summed E-state index contributed by atoms with van der Waals surface area (Å²) in [6, 6.07) is 2.47. The lowest BCUT2D eigenvalue weighted by atomic mass is 10.0. The molecule has 4 nitrogen and oxygen atoms in total. The molecule has 2 rings (SSSR count). The van der Waals surface area contributed by atoms with Crippen molar-refractivity contribution in [1.82, 2.24) is 5.32 Å². The molecule has 22 heavy (non-hydrogen) atoms. The van der Waals surface area contributed by atoms with Crippen molar-refractivity contribution in [3.05, 3.63) is 34.8 Å². The fourth-order valence-electron chi connectivity index (χ4n) is 2.18. The Morgan fingerprint density at radius 1 is 1.45 bits per heavy atom. The summed E-state index contributed by atoms with van der Waals surface area (Å²) in [5, 5.41) is 3.61. The molecule has 0 saturated carbocycles. The number of ether oxygens (including phenoxy) is 1. The van der Waals surface area contributed by atoms with Crippen LogP contribution in [0.1, 0.15) is 33.3 Å². The first-order chi connectivity index (χ1) is 10.2. The number of furan rings is 1. The maximum atomic E-state index is 13.7. The zero-order valence-electron chi connectivity index (χ0n) is 13.0. The first-order valence-corrected chi connectivity index (χ1v) is 7.38. The number of rotatable bonds is 3. The van der Waals surface area contributed by atoms with Crippen LogP contribution in [0.5, 0.6) is 0 Å². The number of hydrogen-bond acceptors (Lipinski definition) is 3. The van der Waals surface area contributed by atoms with Crippen LogP contribution in [0.15, 0.2) is 22.8 Å². The number of amides is 1. The van der Waals surface area contributed by atoms with E-state index in [0.717, 1.165) is 0 Å². The Kier molecular flexibility index (Phi) is 4.66. The SMILES string of the molecule is CC(Cc1cc(F)cc2c(Cl)coc12)NC(=O)OC(C)(C)C. The lowest BCUT2D eigenvalue weighted by Crippen LogP contribution is -2.38. The third kappa shape index (κ3) is 4.13. The molecule has 6 heteroatoms. The largest absolute Gasteiger partial charge is 0.462 e. The number of benzene rings is 1. The monoisotopic (exact) mass is 327 g/mol. The molecule has 0 spiro atoms. The number of carbonyl (C=O) groups is 1. The standard InChI is InChI=1S/C16H19ClFNO3/c1-9(19-15(20)22-16(2,3)4)5-10-6-11(18)7-12-13(17)8-21-14(10)12/h6-9H,5H2,1-4H3,(H,19,20). The summed E-state index contributed by atoms with van der Waals surface area (Å²) >= 11 is 5.96. The second-order valence-corrected chi connectivity index (χ2v) is 6.68. The van der Waals surface area contributed by atoms with Crippen molar-refractivity contribution in [1.29, 1.82) is 0 Å². The van der Waals surface area contributed by atoms with Gasteiger partial charge in [-0.2, -0.15) is 0 Å². The molecular weight excluding hydrogens is 309 g/mol. The number of alkyl carbamates (subject to hydrolysis) is 1. The molecular formula is C16H19ClFNO3. The van der Waals surface area contributed by atoms with Crippen LogP contribution < -0.4 is 5.32 Å². The zero-order valence-corrected chi connectivity index (χ0v) is 13.8.